The number of ether oxygens (including phenoxy) is 1. The SMILES string of the molecule is CCCCCCCCCCCCCCCCCC(=O)OC(C)(C)C1CCNC1. The Kier molecular flexibility index (Phi) is 14.8. The number of carbonyl (C=O) groups is 1. The zero-order valence-corrected chi connectivity index (χ0v) is 19.3. The molecule has 1 aliphatic heterocycles. The summed E-state index contributed by atoms with van der Waals surface area (Å²) in [6, 6.07) is 0. The van der Waals surface area contributed by atoms with Crippen molar-refractivity contribution < 1.29 is 9.53 Å². The van der Waals surface area contributed by atoms with Gasteiger partial charge in [-0.1, -0.05) is 96.8 Å². The minimum atomic E-state index is -0.323. The second-order valence-electron chi connectivity index (χ2n) is 9.47. The van der Waals surface area contributed by atoms with Crippen molar-refractivity contribution in [1.82, 2.24) is 5.32 Å². The molecule has 1 N–H and O–H groups in total. The van der Waals surface area contributed by atoms with Crippen LogP contribution in [0.15, 0.2) is 0 Å². The van der Waals surface area contributed by atoms with Gasteiger partial charge in [-0.15, -0.1) is 0 Å². The fourth-order valence-corrected chi connectivity index (χ4v) is 4.32. The molecule has 3 nitrogen and oxygen atoms in total. The van der Waals surface area contributed by atoms with Crippen molar-refractivity contribution in [2.75, 3.05) is 13.1 Å². The molecule has 1 fully saturated rings. The molecule has 0 aromatic carbocycles. The first-order valence-electron chi connectivity index (χ1n) is 12.5. The van der Waals surface area contributed by atoms with E-state index in [0.29, 0.717) is 12.3 Å². The fraction of sp³-hybridized carbons (Fsp3) is 0.960. The molecule has 0 saturated carbocycles. The minimum Gasteiger partial charge on any atom is -0.459 e. The Morgan fingerprint density at radius 1 is 0.821 bits per heavy atom. The largest absolute Gasteiger partial charge is 0.459 e. The summed E-state index contributed by atoms with van der Waals surface area (Å²) in [5, 5.41) is 3.36. The zero-order valence-electron chi connectivity index (χ0n) is 19.3. The molecule has 0 spiro atoms. The number of unbranched alkanes of at least 4 members (excludes halogenated alkanes) is 14. The highest BCUT2D eigenvalue weighted by Crippen LogP contribution is 2.27. The van der Waals surface area contributed by atoms with E-state index in [9.17, 15) is 4.79 Å². The van der Waals surface area contributed by atoms with Crippen LogP contribution in [0, 0.1) is 5.92 Å². The molecule has 0 aromatic rings. The number of carbonyl (C=O) groups excluding carboxylic acids is 1. The van der Waals surface area contributed by atoms with Gasteiger partial charge in [0, 0.05) is 18.9 Å². The van der Waals surface area contributed by atoms with E-state index in [0.717, 1.165) is 32.4 Å². The number of hydrogen-bond donors (Lipinski definition) is 1. The summed E-state index contributed by atoms with van der Waals surface area (Å²) in [5.74, 6) is 0.448. The maximum absolute atomic E-state index is 12.1. The molecule has 0 radical (unpaired) electrons. The van der Waals surface area contributed by atoms with Crippen LogP contribution in [0.2, 0.25) is 0 Å². The van der Waals surface area contributed by atoms with Crippen LogP contribution in [-0.4, -0.2) is 24.7 Å². The second kappa shape index (κ2) is 16.3. The van der Waals surface area contributed by atoms with E-state index >= 15 is 0 Å². The lowest BCUT2D eigenvalue weighted by Crippen LogP contribution is -2.37. The molecule has 0 amide bonds. The van der Waals surface area contributed by atoms with Crippen LogP contribution in [0.3, 0.4) is 0 Å². The third kappa shape index (κ3) is 12.8. The van der Waals surface area contributed by atoms with Crippen LogP contribution in [0.25, 0.3) is 0 Å². The predicted molar refractivity (Wildman–Crippen MR) is 121 cm³/mol. The van der Waals surface area contributed by atoms with Crippen molar-refractivity contribution >= 4 is 5.97 Å². The molecular weight excluding hydrogens is 346 g/mol. The van der Waals surface area contributed by atoms with Crippen LogP contribution in [0.5, 0.6) is 0 Å². The van der Waals surface area contributed by atoms with Crippen molar-refractivity contribution in [3.63, 3.8) is 0 Å². The van der Waals surface area contributed by atoms with Gasteiger partial charge < -0.3 is 10.1 Å². The van der Waals surface area contributed by atoms with Crippen molar-refractivity contribution in [1.29, 1.82) is 0 Å². The number of hydrogen-bond acceptors (Lipinski definition) is 3. The summed E-state index contributed by atoms with van der Waals surface area (Å²) < 4.78 is 5.76. The monoisotopic (exact) mass is 395 g/mol. The van der Waals surface area contributed by atoms with Gasteiger partial charge >= 0.3 is 5.97 Å². The number of rotatable bonds is 18. The molecule has 1 unspecified atom stereocenters. The van der Waals surface area contributed by atoms with Crippen molar-refractivity contribution in [2.45, 2.75) is 136 Å². The van der Waals surface area contributed by atoms with E-state index in [1.807, 2.05) is 0 Å². The van der Waals surface area contributed by atoms with E-state index in [-0.39, 0.29) is 11.6 Å². The van der Waals surface area contributed by atoms with Gasteiger partial charge in [0.25, 0.3) is 0 Å². The highest BCUT2D eigenvalue weighted by atomic mass is 16.6. The quantitative estimate of drug-likeness (QED) is 0.197. The molecule has 1 rings (SSSR count). The highest BCUT2D eigenvalue weighted by Gasteiger charge is 2.34. The van der Waals surface area contributed by atoms with Crippen molar-refractivity contribution in [3.8, 4) is 0 Å². The average molecular weight is 396 g/mol. The van der Waals surface area contributed by atoms with E-state index in [1.54, 1.807) is 0 Å². The molecule has 0 aromatic heterocycles. The van der Waals surface area contributed by atoms with Gasteiger partial charge in [-0.25, -0.2) is 0 Å². The molecule has 1 heterocycles. The van der Waals surface area contributed by atoms with Gasteiger partial charge in [-0.05, 0) is 33.2 Å². The Morgan fingerprint density at radius 3 is 1.71 bits per heavy atom. The van der Waals surface area contributed by atoms with Gasteiger partial charge in [0.1, 0.15) is 5.60 Å². The van der Waals surface area contributed by atoms with E-state index in [4.69, 9.17) is 4.74 Å². The minimum absolute atomic E-state index is 0.00778. The Balaban J connectivity index is 1.83. The van der Waals surface area contributed by atoms with Gasteiger partial charge in [0.2, 0.25) is 0 Å². The second-order valence-corrected chi connectivity index (χ2v) is 9.47. The van der Waals surface area contributed by atoms with Crippen LogP contribution in [0.1, 0.15) is 130 Å². The number of nitrogens with one attached hydrogen (secondary N) is 1. The number of esters is 1. The molecular formula is C25H49NO2. The summed E-state index contributed by atoms with van der Waals surface area (Å²) in [4.78, 5) is 12.1. The Bertz CT molecular complexity index is 375. The molecule has 28 heavy (non-hydrogen) atoms. The average Bonchev–Trinajstić information content (AvgIpc) is 3.20. The van der Waals surface area contributed by atoms with Crippen molar-refractivity contribution in [2.24, 2.45) is 5.92 Å². The molecule has 3 heteroatoms. The van der Waals surface area contributed by atoms with Crippen LogP contribution in [-0.2, 0) is 9.53 Å². The van der Waals surface area contributed by atoms with Gasteiger partial charge in [-0.3, -0.25) is 4.79 Å². The van der Waals surface area contributed by atoms with E-state index < -0.39 is 0 Å². The molecule has 0 bridgehead atoms. The van der Waals surface area contributed by atoms with Crippen LogP contribution >= 0.6 is 0 Å². The Morgan fingerprint density at radius 2 is 1.29 bits per heavy atom. The topological polar surface area (TPSA) is 38.3 Å². The van der Waals surface area contributed by atoms with E-state index in [1.165, 1.54) is 83.5 Å². The third-order valence-electron chi connectivity index (χ3n) is 6.40. The molecule has 1 saturated heterocycles. The Labute approximate surface area is 175 Å². The first-order valence-corrected chi connectivity index (χ1v) is 12.5. The maximum atomic E-state index is 12.1. The van der Waals surface area contributed by atoms with Crippen LogP contribution < -0.4 is 5.32 Å². The molecule has 1 atom stereocenters. The summed E-state index contributed by atoms with van der Waals surface area (Å²) in [6.45, 7) is 8.43. The Hall–Kier alpha value is -0.570. The molecule has 1 aliphatic rings. The maximum Gasteiger partial charge on any atom is 0.306 e. The summed E-state index contributed by atoms with van der Waals surface area (Å²) in [7, 11) is 0. The first-order chi connectivity index (χ1) is 13.6. The lowest BCUT2D eigenvalue weighted by molar-refractivity contribution is -0.161. The summed E-state index contributed by atoms with van der Waals surface area (Å²) >= 11 is 0. The predicted octanol–water partition coefficient (Wildman–Crippen LogP) is 7.18. The fourth-order valence-electron chi connectivity index (χ4n) is 4.32. The lowest BCUT2D eigenvalue weighted by Gasteiger charge is -2.31. The standard InChI is InChI=1S/C25H49NO2/c1-4-5-6-7-8-9-10-11-12-13-14-15-16-17-18-19-24(27)28-25(2,3)23-20-21-26-22-23/h23,26H,4-22H2,1-3H3. The molecule has 166 valence electrons. The zero-order chi connectivity index (χ0) is 20.5. The normalized spacial score (nSPS) is 17.2. The van der Waals surface area contributed by atoms with E-state index in [2.05, 4.69) is 26.1 Å². The van der Waals surface area contributed by atoms with Gasteiger partial charge in [0.15, 0.2) is 0 Å². The molecule has 0 aliphatic carbocycles. The van der Waals surface area contributed by atoms with Crippen LogP contribution in [0.4, 0.5) is 0 Å². The summed E-state index contributed by atoms with van der Waals surface area (Å²) in [6.07, 6.45) is 22.0. The lowest BCUT2D eigenvalue weighted by atomic mass is 9.90. The third-order valence-corrected chi connectivity index (χ3v) is 6.40. The smallest absolute Gasteiger partial charge is 0.306 e. The first kappa shape index (κ1) is 25.5. The summed E-state index contributed by atoms with van der Waals surface area (Å²) in [5.41, 5.74) is -0.323. The van der Waals surface area contributed by atoms with Gasteiger partial charge in [-0.2, -0.15) is 0 Å². The van der Waals surface area contributed by atoms with Gasteiger partial charge in [0.05, 0.1) is 0 Å². The highest BCUT2D eigenvalue weighted by molar-refractivity contribution is 5.69. The van der Waals surface area contributed by atoms with Crippen molar-refractivity contribution in [3.05, 3.63) is 0 Å².